The fraction of sp³-hybridized carbons (Fsp3) is 0.133. The minimum atomic E-state index is -3.28. The minimum absolute atomic E-state index is 0.00995. The molecule has 4 nitrogen and oxygen atoms in total. The molecule has 0 heterocycles. The van der Waals surface area contributed by atoms with Gasteiger partial charge >= 0.3 is 0 Å². The first kappa shape index (κ1) is 16.6. The van der Waals surface area contributed by atoms with Crippen LogP contribution in [0.15, 0.2) is 51.8 Å². The number of anilines is 1. The smallest absolute Gasteiger partial charge is 0.255 e. The topological polar surface area (TPSA) is 63.2 Å². The summed E-state index contributed by atoms with van der Waals surface area (Å²) in [6.45, 7) is 1.56. The Kier molecular flexibility index (Phi) is 4.97. The number of amides is 1. The molecule has 1 N–H and O–H groups in total. The van der Waals surface area contributed by atoms with Crippen LogP contribution in [0.5, 0.6) is 0 Å². The Morgan fingerprint density at radius 2 is 1.82 bits per heavy atom. The highest BCUT2D eigenvalue weighted by atomic mass is 79.9. The lowest BCUT2D eigenvalue weighted by molar-refractivity contribution is 0.102. The van der Waals surface area contributed by atoms with Gasteiger partial charge in [-0.2, -0.15) is 0 Å². The predicted molar refractivity (Wildman–Crippen MR) is 86.2 cm³/mol. The van der Waals surface area contributed by atoms with E-state index in [1.807, 2.05) is 0 Å². The summed E-state index contributed by atoms with van der Waals surface area (Å²) in [5.41, 5.74) is 0.595. The van der Waals surface area contributed by atoms with Crippen LogP contribution in [-0.2, 0) is 9.84 Å². The maximum absolute atomic E-state index is 13.3. The maximum Gasteiger partial charge on any atom is 0.255 e. The van der Waals surface area contributed by atoms with Gasteiger partial charge in [-0.15, -0.1) is 0 Å². The fourth-order valence-corrected chi connectivity index (χ4v) is 3.15. The molecule has 0 aliphatic heterocycles. The van der Waals surface area contributed by atoms with Gasteiger partial charge < -0.3 is 5.32 Å². The normalized spacial score (nSPS) is 11.2. The summed E-state index contributed by atoms with van der Waals surface area (Å²) in [6.07, 6.45) is 0. The van der Waals surface area contributed by atoms with Crippen LogP contribution in [0.25, 0.3) is 0 Å². The zero-order valence-electron chi connectivity index (χ0n) is 11.6. The Bertz CT molecular complexity index is 784. The lowest BCUT2D eigenvalue weighted by Gasteiger charge is -2.07. The van der Waals surface area contributed by atoms with Crippen LogP contribution in [0.4, 0.5) is 10.1 Å². The van der Waals surface area contributed by atoms with Gasteiger partial charge in [-0.3, -0.25) is 4.79 Å². The van der Waals surface area contributed by atoms with Crippen LogP contribution in [0.1, 0.15) is 17.3 Å². The van der Waals surface area contributed by atoms with E-state index in [2.05, 4.69) is 21.2 Å². The largest absolute Gasteiger partial charge is 0.322 e. The summed E-state index contributed by atoms with van der Waals surface area (Å²) in [6, 6.07) is 9.71. The lowest BCUT2D eigenvalue weighted by Crippen LogP contribution is -2.12. The molecule has 0 aliphatic carbocycles. The van der Waals surface area contributed by atoms with E-state index in [9.17, 15) is 17.6 Å². The van der Waals surface area contributed by atoms with E-state index in [1.54, 1.807) is 6.92 Å². The average Bonchev–Trinajstić information content (AvgIpc) is 2.46. The van der Waals surface area contributed by atoms with Crippen LogP contribution in [0.3, 0.4) is 0 Å². The predicted octanol–water partition coefficient (Wildman–Crippen LogP) is 3.63. The third-order valence-electron chi connectivity index (χ3n) is 2.98. The molecule has 0 fully saturated rings. The van der Waals surface area contributed by atoms with Crippen molar-refractivity contribution in [2.75, 3.05) is 11.1 Å². The zero-order chi connectivity index (χ0) is 16.3. The first-order valence-corrected chi connectivity index (χ1v) is 8.86. The number of hydrogen-bond acceptors (Lipinski definition) is 3. The van der Waals surface area contributed by atoms with E-state index in [4.69, 9.17) is 0 Å². The Labute approximate surface area is 136 Å². The highest BCUT2D eigenvalue weighted by molar-refractivity contribution is 9.10. The van der Waals surface area contributed by atoms with Crippen molar-refractivity contribution in [1.82, 2.24) is 0 Å². The van der Waals surface area contributed by atoms with E-state index in [0.29, 0.717) is 10.2 Å². The van der Waals surface area contributed by atoms with Gasteiger partial charge in [0, 0.05) is 15.7 Å². The van der Waals surface area contributed by atoms with Gasteiger partial charge in [-0.25, -0.2) is 12.8 Å². The second-order valence-corrected chi connectivity index (χ2v) is 7.73. The number of hydrogen-bond donors (Lipinski definition) is 1. The highest BCUT2D eigenvalue weighted by Gasteiger charge is 2.12. The van der Waals surface area contributed by atoms with Crippen molar-refractivity contribution in [1.29, 1.82) is 0 Å². The summed E-state index contributed by atoms with van der Waals surface area (Å²) in [5, 5.41) is 2.59. The van der Waals surface area contributed by atoms with Gasteiger partial charge in [-0.05, 0) is 42.5 Å². The van der Waals surface area contributed by atoms with Crippen LogP contribution in [0, 0.1) is 5.82 Å². The molecule has 0 unspecified atom stereocenters. The van der Waals surface area contributed by atoms with Crippen molar-refractivity contribution < 1.29 is 17.6 Å². The molecular weight excluding hydrogens is 373 g/mol. The number of halogens is 2. The van der Waals surface area contributed by atoms with Gasteiger partial charge in [0.15, 0.2) is 9.84 Å². The summed E-state index contributed by atoms with van der Waals surface area (Å²) in [5.74, 6) is -0.994. The standard InChI is InChI=1S/C15H13BrFNO3S/c1-2-22(20,21)14-5-3-13(4-6-14)18-15(19)10-7-11(16)9-12(17)8-10/h3-9H,2H2,1H3,(H,18,19). The Balaban J connectivity index is 2.19. The van der Waals surface area contributed by atoms with Gasteiger partial charge in [0.2, 0.25) is 0 Å². The van der Waals surface area contributed by atoms with Crippen LogP contribution in [0.2, 0.25) is 0 Å². The van der Waals surface area contributed by atoms with Crippen molar-refractivity contribution in [3.8, 4) is 0 Å². The fourth-order valence-electron chi connectivity index (χ4n) is 1.80. The SMILES string of the molecule is CCS(=O)(=O)c1ccc(NC(=O)c2cc(F)cc(Br)c2)cc1. The molecule has 0 saturated carbocycles. The second-order valence-electron chi connectivity index (χ2n) is 4.54. The quantitative estimate of drug-likeness (QED) is 0.873. The molecule has 0 aliphatic rings. The second kappa shape index (κ2) is 6.58. The highest BCUT2D eigenvalue weighted by Crippen LogP contribution is 2.18. The van der Waals surface area contributed by atoms with Gasteiger partial charge in [0.1, 0.15) is 5.82 Å². The van der Waals surface area contributed by atoms with E-state index < -0.39 is 21.6 Å². The summed E-state index contributed by atoms with van der Waals surface area (Å²) in [4.78, 5) is 12.2. The van der Waals surface area contributed by atoms with E-state index in [0.717, 1.165) is 6.07 Å². The van der Waals surface area contributed by atoms with Crippen LogP contribution >= 0.6 is 15.9 Å². The Morgan fingerprint density at radius 3 is 2.36 bits per heavy atom. The number of nitrogens with one attached hydrogen (secondary N) is 1. The van der Waals surface area contributed by atoms with Crippen molar-refractivity contribution in [3.05, 3.63) is 58.3 Å². The number of benzene rings is 2. The molecule has 2 aromatic rings. The van der Waals surface area contributed by atoms with E-state index >= 15 is 0 Å². The molecule has 0 radical (unpaired) electrons. The molecule has 0 spiro atoms. The molecule has 0 aromatic heterocycles. The molecule has 22 heavy (non-hydrogen) atoms. The summed E-state index contributed by atoms with van der Waals surface area (Å²) >= 11 is 3.12. The van der Waals surface area contributed by atoms with E-state index in [1.165, 1.54) is 36.4 Å². The number of carbonyl (C=O) groups is 1. The molecule has 1 amide bonds. The van der Waals surface area contributed by atoms with Crippen molar-refractivity contribution in [2.45, 2.75) is 11.8 Å². The molecule has 7 heteroatoms. The van der Waals surface area contributed by atoms with Gasteiger partial charge in [0.25, 0.3) is 5.91 Å². The summed E-state index contributed by atoms with van der Waals surface area (Å²) in [7, 11) is -3.28. The van der Waals surface area contributed by atoms with E-state index in [-0.39, 0.29) is 16.2 Å². The number of sulfone groups is 1. The van der Waals surface area contributed by atoms with Crippen molar-refractivity contribution in [2.24, 2.45) is 0 Å². The molecular formula is C15H13BrFNO3S. The van der Waals surface area contributed by atoms with Gasteiger partial charge in [0.05, 0.1) is 10.6 Å². The molecule has 0 atom stereocenters. The molecule has 2 rings (SSSR count). The maximum atomic E-state index is 13.3. The zero-order valence-corrected chi connectivity index (χ0v) is 14.0. The van der Waals surface area contributed by atoms with Crippen LogP contribution in [-0.4, -0.2) is 20.1 Å². The number of rotatable bonds is 4. The Morgan fingerprint density at radius 1 is 1.18 bits per heavy atom. The Hall–Kier alpha value is -1.73. The first-order chi connectivity index (χ1) is 10.3. The average molecular weight is 386 g/mol. The first-order valence-electron chi connectivity index (χ1n) is 6.42. The molecule has 2 aromatic carbocycles. The monoisotopic (exact) mass is 385 g/mol. The molecule has 116 valence electrons. The third-order valence-corrected chi connectivity index (χ3v) is 5.18. The lowest BCUT2D eigenvalue weighted by atomic mass is 10.2. The summed E-state index contributed by atoms with van der Waals surface area (Å²) < 4.78 is 37.1. The van der Waals surface area contributed by atoms with Crippen molar-refractivity contribution in [3.63, 3.8) is 0 Å². The molecule has 0 bridgehead atoms. The number of carbonyl (C=O) groups excluding carboxylic acids is 1. The molecule has 0 saturated heterocycles. The van der Waals surface area contributed by atoms with Gasteiger partial charge in [-0.1, -0.05) is 22.9 Å². The third kappa shape index (κ3) is 3.92. The van der Waals surface area contributed by atoms with Crippen molar-refractivity contribution >= 4 is 37.4 Å². The minimum Gasteiger partial charge on any atom is -0.322 e. The van der Waals surface area contributed by atoms with Crippen LogP contribution < -0.4 is 5.32 Å².